The van der Waals surface area contributed by atoms with E-state index < -0.39 is 5.41 Å². The van der Waals surface area contributed by atoms with Gasteiger partial charge in [-0.2, -0.15) is 0 Å². The highest BCUT2D eigenvalue weighted by Crippen LogP contribution is 2.38. The lowest BCUT2D eigenvalue weighted by Gasteiger charge is -2.25. The summed E-state index contributed by atoms with van der Waals surface area (Å²) < 4.78 is 11.1. The fourth-order valence-electron chi connectivity index (χ4n) is 3.28. The summed E-state index contributed by atoms with van der Waals surface area (Å²) >= 11 is 0. The Bertz CT molecular complexity index is 728. The molecule has 0 bridgehead atoms. The maximum atomic E-state index is 12.6. The molecule has 0 atom stereocenters. The average Bonchev–Trinajstić information content (AvgIpc) is 3.14. The van der Waals surface area contributed by atoms with Crippen molar-refractivity contribution in [3.8, 4) is 17.2 Å². The molecule has 140 valence electrons. The van der Waals surface area contributed by atoms with E-state index in [-0.39, 0.29) is 18.3 Å². The lowest BCUT2D eigenvalue weighted by molar-refractivity contribution is -0.124. The number of halogens is 1. The highest BCUT2D eigenvalue weighted by atomic mass is 35.5. The number of methoxy groups -OCH3 is 1. The van der Waals surface area contributed by atoms with Crippen molar-refractivity contribution in [1.29, 1.82) is 0 Å². The molecule has 0 radical (unpaired) electrons. The van der Waals surface area contributed by atoms with Crippen molar-refractivity contribution in [2.24, 2.45) is 11.1 Å². The van der Waals surface area contributed by atoms with Crippen LogP contribution in [-0.2, 0) is 4.79 Å². The fraction of sp³-hybridized carbons (Fsp3) is 0.350. The summed E-state index contributed by atoms with van der Waals surface area (Å²) in [5, 5.41) is 2.99. The van der Waals surface area contributed by atoms with Crippen LogP contribution in [0.2, 0.25) is 0 Å². The first-order valence-electron chi connectivity index (χ1n) is 8.59. The molecule has 1 amide bonds. The van der Waals surface area contributed by atoms with Gasteiger partial charge in [-0.25, -0.2) is 0 Å². The number of hydrogen-bond acceptors (Lipinski definition) is 4. The normalized spacial score (nSPS) is 15.0. The second-order valence-corrected chi connectivity index (χ2v) is 6.42. The highest BCUT2D eigenvalue weighted by molar-refractivity contribution is 5.95. The van der Waals surface area contributed by atoms with Gasteiger partial charge in [0.2, 0.25) is 5.91 Å². The van der Waals surface area contributed by atoms with Crippen molar-refractivity contribution < 1.29 is 14.3 Å². The lowest BCUT2D eigenvalue weighted by atomic mass is 9.85. The third kappa shape index (κ3) is 4.29. The number of carbonyl (C=O) groups is 1. The van der Waals surface area contributed by atoms with Crippen LogP contribution in [0.25, 0.3) is 0 Å². The summed E-state index contributed by atoms with van der Waals surface area (Å²) in [4.78, 5) is 12.6. The van der Waals surface area contributed by atoms with Gasteiger partial charge >= 0.3 is 0 Å². The maximum Gasteiger partial charge on any atom is 0.231 e. The minimum absolute atomic E-state index is 0. The fourth-order valence-corrected chi connectivity index (χ4v) is 3.28. The Morgan fingerprint density at radius 2 is 1.69 bits per heavy atom. The lowest BCUT2D eigenvalue weighted by Crippen LogP contribution is -2.40. The molecule has 26 heavy (non-hydrogen) atoms. The van der Waals surface area contributed by atoms with Crippen LogP contribution in [0.4, 0.5) is 5.69 Å². The second kappa shape index (κ2) is 8.92. The second-order valence-electron chi connectivity index (χ2n) is 6.42. The van der Waals surface area contributed by atoms with Crippen molar-refractivity contribution in [1.82, 2.24) is 0 Å². The smallest absolute Gasteiger partial charge is 0.231 e. The van der Waals surface area contributed by atoms with Crippen LogP contribution in [0, 0.1) is 5.41 Å². The molecular formula is C20H25ClN2O3. The number of para-hydroxylation sites is 2. The Labute approximate surface area is 160 Å². The quantitative estimate of drug-likeness (QED) is 0.785. The molecule has 0 saturated heterocycles. The molecule has 1 saturated carbocycles. The number of anilines is 1. The van der Waals surface area contributed by atoms with Crippen LogP contribution in [-0.4, -0.2) is 19.6 Å². The van der Waals surface area contributed by atoms with Crippen molar-refractivity contribution in [3.63, 3.8) is 0 Å². The van der Waals surface area contributed by atoms with E-state index in [0.29, 0.717) is 23.8 Å². The van der Waals surface area contributed by atoms with Gasteiger partial charge in [0, 0.05) is 12.2 Å². The van der Waals surface area contributed by atoms with Crippen LogP contribution in [0.5, 0.6) is 17.2 Å². The third-order valence-electron chi connectivity index (χ3n) is 4.84. The van der Waals surface area contributed by atoms with E-state index >= 15 is 0 Å². The number of nitrogens with one attached hydrogen (secondary N) is 1. The number of benzene rings is 2. The monoisotopic (exact) mass is 376 g/mol. The molecule has 2 aromatic rings. The zero-order chi connectivity index (χ0) is 17.7. The predicted molar refractivity (Wildman–Crippen MR) is 105 cm³/mol. The topological polar surface area (TPSA) is 73.6 Å². The van der Waals surface area contributed by atoms with Gasteiger partial charge in [0.15, 0.2) is 11.5 Å². The number of nitrogens with two attached hydrogens (primary N) is 1. The predicted octanol–water partition coefficient (Wildman–Crippen LogP) is 4.37. The first-order chi connectivity index (χ1) is 12.2. The van der Waals surface area contributed by atoms with E-state index in [1.165, 1.54) is 0 Å². The molecule has 5 nitrogen and oxygen atoms in total. The Morgan fingerprint density at radius 1 is 1.08 bits per heavy atom. The molecule has 0 aromatic heterocycles. The van der Waals surface area contributed by atoms with Gasteiger partial charge in [-0.3, -0.25) is 4.79 Å². The van der Waals surface area contributed by atoms with E-state index in [4.69, 9.17) is 15.2 Å². The zero-order valence-electron chi connectivity index (χ0n) is 14.9. The minimum atomic E-state index is -0.410. The van der Waals surface area contributed by atoms with Crippen molar-refractivity contribution in [3.05, 3.63) is 48.5 Å². The van der Waals surface area contributed by atoms with Crippen molar-refractivity contribution in [2.45, 2.75) is 25.7 Å². The molecule has 0 unspecified atom stereocenters. The Hall–Kier alpha value is -2.24. The Kier molecular flexibility index (Phi) is 6.89. The van der Waals surface area contributed by atoms with E-state index in [9.17, 15) is 4.79 Å². The summed E-state index contributed by atoms with van der Waals surface area (Å²) in [5.74, 6) is 2.02. The molecule has 0 aliphatic heterocycles. The number of hydrogen-bond donors (Lipinski definition) is 2. The van der Waals surface area contributed by atoms with Crippen LogP contribution in [0.3, 0.4) is 0 Å². The van der Waals surface area contributed by atoms with Gasteiger partial charge in [0.05, 0.1) is 12.5 Å². The van der Waals surface area contributed by atoms with Gasteiger partial charge in [-0.15, -0.1) is 12.4 Å². The molecule has 3 rings (SSSR count). The van der Waals surface area contributed by atoms with E-state index in [1.54, 1.807) is 7.11 Å². The van der Waals surface area contributed by atoms with Gasteiger partial charge < -0.3 is 20.5 Å². The first kappa shape index (κ1) is 20.1. The van der Waals surface area contributed by atoms with E-state index in [1.807, 2.05) is 48.5 Å². The van der Waals surface area contributed by atoms with Gasteiger partial charge in [-0.05, 0) is 49.2 Å². The molecule has 3 N–H and O–H groups in total. The number of amides is 1. The van der Waals surface area contributed by atoms with Crippen molar-refractivity contribution in [2.75, 3.05) is 19.0 Å². The van der Waals surface area contributed by atoms with E-state index in [0.717, 1.165) is 31.4 Å². The standard InChI is InChI=1S/C20H24N2O3.ClH/c1-24-17-6-2-3-7-18(17)25-16-10-8-15(9-11-16)22-19(23)20(14-21)12-4-5-13-20;/h2-3,6-11H,4-5,12-14,21H2,1H3,(H,22,23);1H. The van der Waals surface area contributed by atoms with Crippen LogP contribution in [0.15, 0.2) is 48.5 Å². The molecule has 1 fully saturated rings. The number of carbonyl (C=O) groups excluding carboxylic acids is 1. The molecule has 2 aromatic carbocycles. The van der Waals surface area contributed by atoms with Gasteiger partial charge in [-0.1, -0.05) is 25.0 Å². The molecule has 1 aliphatic rings. The van der Waals surface area contributed by atoms with E-state index in [2.05, 4.69) is 5.32 Å². The average molecular weight is 377 g/mol. The summed E-state index contributed by atoms with van der Waals surface area (Å²) in [7, 11) is 1.61. The maximum absolute atomic E-state index is 12.6. The summed E-state index contributed by atoms with van der Waals surface area (Å²) in [6, 6.07) is 14.8. The van der Waals surface area contributed by atoms with Gasteiger partial charge in [0.1, 0.15) is 5.75 Å². The molecular weight excluding hydrogens is 352 g/mol. The first-order valence-corrected chi connectivity index (χ1v) is 8.59. The SMILES string of the molecule is COc1ccccc1Oc1ccc(NC(=O)C2(CN)CCCC2)cc1.Cl. The molecule has 1 aliphatic carbocycles. The zero-order valence-corrected chi connectivity index (χ0v) is 15.7. The Balaban J connectivity index is 0.00000243. The molecule has 0 heterocycles. The van der Waals surface area contributed by atoms with Crippen LogP contribution >= 0.6 is 12.4 Å². The summed E-state index contributed by atoms with van der Waals surface area (Å²) in [6.07, 6.45) is 3.86. The summed E-state index contributed by atoms with van der Waals surface area (Å²) in [5.41, 5.74) is 6.21. The van der Waals surface area contributed by atoms with Crippen LogP contribution < -0.4 is 20.5 Å². The third-order valence-corrected chi connectivity index (χ3v) is 4.84. The largest absolute Gasteiger partial charge is 0.493 e. The highest BCUT2D eigenvalue weighted by Gasteiger charge is 2.39. The van der Waals surface area contributed by atoms with Gasteiger partial charge in [0.25, 0.3) is 0 Å². The Morgan fingerprint density at radius 3 is 2.27 bits per heavy atom. The van der Waals surface area contributed by atoms with Crippen LogP contribution in [0.1, 0.15) is 25.7 Å². The van der Waals surface area contributed by atoms with Crippen molar-refractivity contribution >= 4 is 24.0 Å². The molecule has 0 spiro atoms. The minimum Gasteiger partial charge on any atom is -0.493 e. The number of ether oxygens (including phenoxy) is 2. The summed E-state index contributed by atoms with van der Waals surface area (Å²) in [6.45, 7) is 0.397. The molecule has 6 heteroatoms. The number of rotatable bonds is 6.